The summed E-state index contributed by atoms with van der Waals surface area (Å²) in [6.45, 7) is 9.46. The molecule has 146 valence electrons. The molecule has 2 amide bonds. The smallest absolute Gasteiger partial charge is 0.273 e. The second-order valence-corrected chi connectivity index (χ2v) is 6.98. The number of nitrogens with zero attached hydrogens (tertiary/aromatic N) is 1. The summed E-state index contributed by atoms with van der Waals surface area (Å²) in [5.74, 6) is 0.395. The number of benzene rings is 1. The highest BCUT2D eigenvalue weighted by Gasteiger charge is 2.21. The molecule has 0 saturated carbocycles. The van der Waals surface area contributed by atoms with Gasteiger partial charge in [-0.15, -0.1) is 0 Å². The van der Waals surface area contributed by atoms with Gasteiger partial charge in [-0.1, -0.05) is 30.3 Å². The van der Waals surface area contributed by atoms with Crippen LogP contribution in [0.5, 0.6) is 0 Å². The van der Waals surface area contributed by atoms with Crippen LogP contribution >= 0.6 is 0 Å². The van der Waals surface area contributed by atoms with Gasteiger partial charge in [0.05, 0.1) is 17.2 Å². The largest absolute Gasteiger partial charge is 0.466 e. The summed E-state index contributed by atoms with van der Waals surface area (Å²) in [6, 6.07) is 13.7. The number of hydrogen-bond acceptors (Lipinski definition) is 3. The molecule has 2 aromatic heterocycles. The average Bonchev–Trinajstić information content (AvgIpc) is 3.17. The van der Waals surface area contributed by atoms with Crippen LogP contribution in [-0.4, -0.2) is 16.4 Å². The molecule has 0 fully saturated rings. The molecule has 2 heterocycles. The highest BCUT2D eigenvalue weighted by Crippen LogP contribution is 2.25. The van der Waals surface area contributed by atoms with Crippen molar-refractivity contribution in [2.24, 2.45) is 0 Å². The third-order valence-electron chi connectivity index (χ3n) is 4.97. The second-order valence-electron chi connectivity index (χ2n) is 6.98. The van der Waals surface area contributed by atoms with Gasteiger partial charge in [0.2, 0.25) is 0 Å². The molecule has 0 radical (unpaired) electrons. The minimum Gasteiger partial charge on any atom is -0.466 e. The Balaban J connectivity index is 1.76. The molecule has 1 atom stereocenters. The van der Waals surface area contributed by atoms with Crippen molar-refractivity contribution in [2.75, 3.05) is 0 Å². The average molecular weight is 379 g/mol. The molecule has 2 N–H and O–H groups in total. The summed E-state index contributed by atoms with van der Waals surface area (Å²) in [6.07, 6.45) is 0. The fourth-order valence-electron chi connectivity index (χ4n) is 3.59. The molecule has 1 aromatic carbocycles. The predicted molar refractivity (Wildman–Crippen MR) is 107 cm³/mol. The van der Waals surface area contributed by atoms with Crippen molar-refractivity contribution >= 4 is 11.8 Å². The Morgan fingerprint density at radius 1 is 0.929 bits per heavy atom. The maximum Gasteiger partial charge on any atom is 0.273 e. The van der Waals surface area contributed by atoms with Crippen LogP contribution in [0.25, 0.3) is 0 Å². The van der Waals surface area contributed by atoms with Gasteiger partial charge in [0.15, 0.2) is 0 Å². The first kappa shape index (κ1) is 19.5. The normalized spacial score (nSPS) is 11.9. The van der Waals surface area contributed by atoms with Crippen LogP contribution in [-0.2, 0) is 0 Å². The van der Waals surface area contributed by atoms with E-state index in [1.165, 1.54) is 0 Å². The van der Waals surface area contributed by atoms with Crippen LogP contribution in [0, 0.1) is 27.7 Å². The quantitative estimate of drug-likeness (QED) is 0.673. The van der Waals surface area contributed by atoms with Crippen LogP contribution in [0.15, 0.2) is 46.9 Å². The summed E-state index contributed by atoms with van der Waals surface area (Å²) < 4.78 is 7.48. The number of hydrogen-bond donors (Lipinski definition) is 2. The van der Waals surface area contributed by atoms with Crippen molar-refractivity contribution in [1.29, 1.82) is 0 Å². The second kappa shape index (κ2) is 7.76. The van der Waals surface area contributed by atoms with E-state index in [0.29, 0.717) is 22.6 Å². The standard InChI is InChI=1S/C22H25N3O3/c1-13-11-19(16(4)25(13)15(3)18-9-7-6-8-10-18)21(26)23-24-22(27)20-12-14(2)28-17(20)5/h6-12,15H,1-5H3,(H,23,26)(H,24,27). The van der Waals surface area contributed by atoms with Crippen LogP contribution in [0.4, 0.5) is 0 Å². The minimum absolute atomic E-state index is 0.0916. The molecule has 3 aromatic rings. The zero-order valence-electron chi connectivity index (χ0n) is 16.8. The highest BCUT2D eigenvalue weighted by atomic mass is 16.3. The van der Waals surface area contributed by atoms with Crippen LogP contribution in [0.1, 0.15) is 62.2 Å². The topological polar surface area (TPSA) is 76.3 Å². The molecule has 3 rings (SSSR count). The Kier molecular flexibility index (Phi) is 5.40. The zero-order chi connectivity index (χ0) is 20.4. The van der Waals surface area contributed by atoms with E-state index in [-0.39, 0.29) is 11.9 Å². The zero-order valence-corrected chi connectivity index (χ0v) is 16.8. The van der Waals surface area contributed by atoms with Gasteiger partial charge in [-0.2, -0.15) is 0 Å². The lowest BCUT2D eigenvalue weighted by Gasteiger charge is -2.19. The van der Waals surface area contributed by atoms with E-state index in [1.54, 1.807) is 19.9 Å². The lowest BCUT2D eigenvalue weighted by Crippen LogP contribution is -2.41. The van der Waals surface area contributed by atoms with Gasteiger partial charge in [0.25, 0.3) is 11.8 Å². The van der Waals surface area contributed by atoms with Crippen molar-refractivity contribution in [2.45, 2.75) is 40.7 Å². The Morgan fingerprint density at radius 3 is 2.11 bits per heavy atom. The first-order chi connectivity index (χ1) is 13.3. The number of hydrazine groups is 1. The number of rotatable bonds is 4. The Hall–Kier alpha value is -3.28. The van der Waals surface area contributed by atoms with Gasteiger partial charge >= 0.3 is 0 Å². The lowest BCUT2D eigenvalue weighted by atomic mass is 10.1. The third kappa shape index (κ3) is 3.71. The monoisotopic (exact) mass is 379 g/mol. The van der Waals surface area contributed by atoms with Crippen molar-refractivity contribution in [3.8, 4) is 0 Å². The first-order valence-electron chi connectivity index (χ1n) is 9.20. The fourth-order valence-corrected chi connectivity index (χ4v) is 3.59. The summed E-state index contributed by atoms with van der Waals surface area (Å²) in [4.78, 5) is 24.9. The van der Waals surface area contributed by atoms with Gasteiger partial charge in [-0.05, 0) is 52.3 Å². The summed E-state index contributed by atoms with van der Waals surface area (Å²) in [5.41, 5.74) is 8.88. The molecule has 6 nitrogen and oxygen atoms in total. The molecule has 0 spiro atoms. The highest BCUT2D eigenvalue weighted by molar-refractivity contribution is 6.00. The molecule has 6 heteroatoms. The first-order valence-corrected chi connectivity index (χ1v) is 9.20. The molecule has 28 heavy (non-hydrogen) atoms. The van der Waals surface area contributed by atoms with Crippen molar-refractivity contribution in [3.63, 3.8) is 0 Å². The molecule has 0 saturated heterocycles. The van der Waals surface area contributed by atoms with Gasteiger partial charge in [-0.3, -0.25) is 20.4 Å². The molecule has 0 aliphatic carbocycles. The summed E-state index contributed by atoms with van der Waals surface area (Å²) >= 11 is 0. The molecule has 0 bridgehead atoms. The maximum atomic E-state index is 12.7. The Morgan fingerprint density at radius 2 is 1.54 bits per heavy atom. The Bertz CT molecular complexity index is 1020. The third-order valence-corrected chi connectivity index (χ3v) is 4.97. The number of nitrogens with one attached hydrogen (secondary N) is 2. The van der Waals surface area contributed by atoms with E-state index in [2.05, 4.69) is 34.5 Å². The number of carbonyl (C=O) groups is 2. The molecule has 0 aliphatic heterocycles. The van der Waals surface area contributed by atoms with E-state index in [0.717, 1.165) is 17.0 Å². The molecule has 1 unspecified atom stereocenters. The SMILES string of the molecule is Cc1cc(C(=O)NNC(=O)c2cc(C)n(C(C)c3ccccc3)c2C)c(C)o1. The summed E-state index contributed by atoms with van der Waals surface area (Å²) in [5, 5.41) is 0. The predicted octanol–water partition coefficient (Wildman–Crippen LogP) is 4.00. The van der Waals surface area contributed by atoms with Gasteiger partial charge in [0, 0.05) is 11.4 Å². The number of amides is 2. The molecular weight excluding hydrogens is 354 g/mol. The van der Waals surface area contributed by atoms with Crippen LogP contribution < -0.4 is 10.9 Å². The van der Waals surface area contributed by atoms with Gasteiger partial charge < -0.3 is 8.98 Å². The van der Waals surface area contributed by atoms with Crippen molar-refractivity contribution in [3.05, 3.63) is 82.1 Å². The number of aromatic nitrogens is 1. The molecule has 0 aliphatic rings. The van der Waals surface area contributed by atoms with E-state index in [1.807, 2.05) is 38.1 Å². The summed E-state index contributed by atoms with van der Waals surface area (Å²) in [7, 11) is 0. The minimum atomic E-state index is -0.408. The van der Waals surface area contributed by atoms with E-state index in [9.17, 15) is 9.59 Å². The number of furan rings is 1. The van der Waals surface area contributed by atoms with Gasteiger partial charge in [0.1, 0.15) is 11.5 Å². The lowest BCUT2D eigenvalue weighted by molar-refractivity contribution is 0.0845. The van der Waals surface area contributed by atoms with E-state index in [4.69, 9.17) is 4.42 Å². The van der Waals surface area contributed by atoms with Crippen molar-refractivity contribution in [1.82, 2.24) is 15.4 Å². The van der Waals surface area contributed by atoms with E-state index < -0.39 is 5.91 Å². The Labute approximate surface area is 164 Å². The van der Waals surface area contributed by atoms with E-state index >= 15 is 0 Å². The number of aryl methyl sites for hydroxylation is 3. The maximum absolute atomic E-state index is 12.7. The fraction of sp³-hybridized carbons (Fsp3) is 0.273. The van der Waals surface area contributed by atoms with Gasteiger partial charge in [-0.25, -0.2) is 0 Å². The van der Waals surface area contributed by atoms with Crippen LogP contribution in [0.2, 0.25) is 0 Å². The van der Waals surface area contributed by atoms with Crippen molar-refractivity contribution < 1.29 is 14.0 Å². The molecular formula is C22H25N3O3. The van der Waals surface area contributed by atoms with Crippen LogP contribution in [0.3, 0.4) is 0 Å². The number of carbonyl (C=O) groups excluding carboxylic acids is 2.